The SMILES string of the molecule is CCNC(=NCc1cn2c(C)cccc2n1)NCCC(C)C. The van der Waals surface area contributed by atoms with Gasteiger partial charge in [0.05, 0.1) is 12.2 Å². The minimum absolute atomic E-state index is 0.581. The molecule has 0 saturated carbocycles. The summed E-state index contributed by atoms with van der Waals surface area (Å²) in [6.07, 6.45) is 3.20. The van der Waals surface area contributed by atoms with E-state index in [1.165, 1.54) is 5.69 Å². The third-order valence-electron chi connectivity index (χ3n) is 3.50. The summed E-state index contributed by atoms with van der Waals surface area (Å²) in [5.41, 5.74) is 3.14. The second kappa shape index (κ2) is 7.82. The first kappa shape index (κ1) is 16.3. The molecule has 2 N–H and O–H groups in total. The Morgan fingerprint density at radius 3 is 2.82 bits per heavy atom. The van der Waals surface area contributed by atoms with Gasteiger partial charge in [0.25, 0.3) is 0 Å². The molecule has 5 heteroatoms. The maximum atomic E-state index is 4.62. The summed E-state index contributed by atoms with van der Waals surface area (Å²) >= 11 is 0. The van der Waals surface area contributed by atoms with Crippen LogP contribution in [0.1, 0.15) is 38.6 Å². The Bertz CT molecular complexity index is 627. The van der Waals surface area contributed by atoms with E-state index in [9.17, 15) is 0 Å². The van der Waals surface area contributed by atoms with Crippen molar-refractivity contribution in [3.63, 3.8) is 0 Å². The first-order chi connectivity index (χ1) is 10.6. The number of hydrogen-bond acceptors (Lipinski definition) is 2. The second-order valence-corrected chi connectivity index (χ2v) is 5.93. The van der Waals surface area contributed by atoms with E-state index in [1.54, 1.807) is 0 Å². The third kappa shape index (κ3) is 4.48. The van der Waals surface area contributed by atoms with Crippen LogP contribution in [0.15, 0.2) is 29.4 Å². The van der Waals surface area contributed by atoms with Gasteiger partial charge in [0.2, 0.25) is 0 Å². The lowest BCUT2D eigenvalue weighted by atomic mass is 10.1. The summed E-state index contributed by atoms with van der Waals surface area (Å²) in [7, 11) is 0. The molecule has 0 atom stereocenters. The molecule has 0 radical (unpaired) electrons. The van der Waals surface area contributed by atoms with Gasteiger partial charge in [-0.25, -0.2) is 9.98 Å². The molecule has 0 aliphatic rings. The number of fused-ring (bicyclic) bond motifs is 1. The highest BCUT2D eigenvalue weighted by atomic mass is 15.2. The van der Waals surface area contributed by atoms with Gasteiger partial charge < -0.3 is 15.0 Å². The highest BCUT2D eigenvalue weighted by Crippen LogP contribution is 2.09. The van der Waals surface area contributed by atoms with Crippen molar-refractivity contribution in [3.05, 3.63) is 35.8 Å². The summed E-state index contributed by atoms with van der Waals surface area (Å²) in [5.74, 6) is 1.55. The number of aromatic nitrogens is 2. The standard InChI is InChI=1S/C17H27N5/c1-5-18-17(19-10-9-13(2)3)20-11-15-12-22-14(4)7-6-8-16(22)21-15/h6-8,12-13H,5,9-11H2,1-4H3,(H2,18,19,20). The second-order valence-electron chi connectivity index (χ2n) is 5.93. The summed E-state index contributed by atoms with van der Waals surface area (Å²) in [6.45, 7) is 11.0. The molecule has 0 fully saturated rings. The molecule has 120 valence electrons. The fourth-order valence-electron chi connectivity index (χ4n) is 2.26. The molecule has 22 heavy (non-hydrogen) atoms. The predicted molar refractivity (Wildman–Crippen MR) is 92.2 cm³/mol. The summed E-state index contributed by atoms with van der Waals surface area (Å²) in [4.78, 5) is 9.24. The first-order valence-electron chi connectivity index (χ1n) is 8.06. The number of nitrogens with one attached hydrogen (secondary N) is 2. The quantitative estimate of drug-likeness (QED) is 0.637. The normalized spacial score (nSPS) is 12.1. The van der Waals surface area contributed by atoms with Crippen molar-refractivity contribution < 1.29 is 0 Å². The van der Waals surface area contributed by atoms with Crippen LogP contribution < -0.4 is 10.6 Å². The Kier molecular flexibility index (Phi) is 5.81. The zero-order chi connectivity index (χ0) is 15.9. The van der Waals surface area contributed by atoms with Crippen LogP contribution in [0.4, 0.5) is 0 Å². The Labute approximate surface area is 132 Å². The number of imidazole rings is 1. The van der Waals surface area contributed by atoms with Crippen molar-refractivity contribution in [2.75, 3.05) is 13.1 Å². The Hall–Kier alpha value is -2.04. The minimum Gasteiger partial charge on any atom is -0.357 e. The van der Waals surface area contributed by atoms with Crippen LogP contribution in [0.3, 0.4) is 0 Å². The third-order valence-corrected chi connectivity index (χ3v) is 3.50. The van der Waals surface area contributed by atoms with Gasteiger partial charge in [-0.3, -0.25) is 0 Å². The molecule has 0 aliphatic heterocycles. The number of aliphatic imine (C=N–C) groups is 1. The molecule has 0 saturated heterocycles. The zero-order valence-electron chi connectivity index (χ0n) is 14.1. The maximum absolute atomic E-state index is 4.62. The zero-order valence-corrected chi connectivity index (χ0v) is 14.1. The number of hydrogen-bond donors (Lipinski definition) is 2. The van der Waals surface area contributed by atoms with E-state index in [0.717, 1.165) is 36.8 Å². The molecule has 0 aliphatic carbocycles. The van der Waals surface area contributed by atoms with E-state index in [4.69, 9.17) is 0 Å². The largest absolute Gasteiger partial charge is 0.357 e. The number of nitrogens with zero attached hydrogens (tertiary/aromatic N) is 3. The molecule has 0 amide bonds. The monoisotopic (exact) mass is 301 g/mol. The van der Waals surface area contributed by atoms with Gasteiger partial charge in [0.15, 0.2) is 5.96 Å². The molecular formula is C17H27N5. The number of rotatable bonds is 6. The Morgan fingerprint density at radius 1 is 1.32 bits per heavy atom. The average Bonchev–Trinajstić information content (AvgIpc) is 2.89. The highest BCUT2D eigenvalue weighted by Gasteiger charge is 2.03. The van der Waals surface area contributed by atoms with Crippen LogP contribution in [-0.2, 0) is 6.54 Å². The highest BCUT2D eigenvalue weighted by molar-refractivity contribution is 5.79. The van der Waals surface area contributed by atoms with Gasteiger partial charge in [0.1, 0.15) is 5.65 Å². The van der Waals surface area contributed by atoms with Gasteiger partial charge in [-0.05, 0) is 38.3 Å². The summed E-state index contributed by atoms with van der Waals surface area (Å²) < 4.78 is 2.10. The number of guanidine groups is 1. The van der Waals surface area contributed by atoms with Crippen LogP contribution in [0.5, 0.6) is 0 Å². The molecular weight excluding hydrogens is 274 g/mol. The molecule has 0 bridgehead atoms. The van der Waals surface area contributed by atoms with Crippen LogP contribution in [-0.4, -0.2) is 28.4 Å². The van der Waals surface area contributed by atoms with Gasteiger partial charge in [0, 0.05) is 25.0 Å². The van der Waals surface area contributed by atoms with Crippen LogP contribution in [0, 0.1) is 12.8 Å². The molecule has 2 aromatic heterocycles. The first-order valence-corrected chi connectivity index (χ1v) is 8.06. The number of aryl methyl sites for hydroxylation is 1. The fourth-order valence-corrected chi connectivity index (χ4v) is 2.26. The van der Waals surface area contributed by atoms with Crippen molar-refractivity contribution in [1.82, 2.24) is 20.0 Å². The van der Waals surface area contributed by atoms with Gasteiger partial charge >= 0.3 is 0 Å². The summed E-state index contributed by atoms with van der Waals surface area (Å²) in [6, 6.07) is 6.13. The molecule has 0 unspecified atom stereocenters. The van der Waals surface area contributed by atoms with Crippen molar-refractivity contribution >= 4 is 11.6 Å². The predicted octanol–water partition coefficient (Wildman–Crippen LogP) is 2.74. The molecule has 2 rings (SSSR count). The van der Waals surface area contributed by atoms with Crippen molar-refractivity contribution in [2.24, 2.45) is 10.9 Å². The minimum atomic E-state index is 0.581. The average molecular weight is 301 g/mol. The Morgan fingerprint density at radius 2 is 2.14 bits per heavy atom. The molecule has 2 heterocycles. The molecule has 0 aromatic carbocycles. The molecule has 5 nitrogen and oxygen atoms in total. The van der Waals surface area contributed by atoms with E-state index < -0.39 is 0 Å². The van der Waals surface area contributed by atoms with Crippen LogP contribution >= 0.6 is 0 Å². The van der Waals surface area contributed by atoms with E-state index in [2.05, 4.69) is 65.0 Å². The topological polar surface area (TPSA) is 53.7 Å². The maximum Gasteiger partial charge on any atom is 0.191 e. The molecule has 0 spiro atoms. The Balaban J connectivity index is 2.03. The van der Waals surface area contributed by atoms with Crippen LogP contribution in [0.25, 0.3) is 5.65 Å². The fraction of sp³-hybridized carbons (Fsp3) is 0.529. The van der Waals surface area contributed by atoms with E-state index in [0.29, 0.717) is 12.5 Å². The lowest BCUT2D eigenvalue weighted by molar-refractivity contribution is 0.573. The van der Waals surface area contributed by atoms with E-state index in [-0.39, 0.29) is 0 Å². The number of pyridine rings is 1. The summed E-state index contributed by atoms with van der Waals surface area (Å²) in [5, 5.41) is 6.65. The van der Waals surface area contributed by atoms with Gasteiger partial charge in [-0.15, -0.1) is 0 Å². The van der Waals surface area contributed by atoms with Gasteiger partial charge in [-0.2, -0.15) is 0 Å². The lowest BCUT2D eigenvalue weighted by Gasteiger charge is -2.11. The van der Waals surface area contributed by atoms with Crippen molar-refractivity contribution in [1.29, 1.82) is 0 Å². The molecule has 2 aromatic rings. The smallest absolute Gasteiger partial charge is 0.191 e. The van der Waals surface area contributed by atoms with E-state index >= 15 is 0 Å². The van der Waals surface area contributed by atoms with Crippen molar-refractivity contribution in [2.45, 2.75) is 40.7 Å². The van der Waals surface area contributed by atoms with Crippen LogP contribution in [0.2, 0.25) is 0 Å². The van der Waals surface area contributed by atoms with E-state index in [1.807, 2.05) is 12.1 Å². The van der Waals surface area contributed by atoms with Crippen molar-refractivity contribution in [3.8, 4) is 0 Å². The van der Waals surface area contributed by atoms with Gasteiger partial charge in [-0.1, -0.05) is 19.9 Å². The lowest BCUT2D eigenvalue weighted by Crippen LogP contribution is -2.38.